The van der Waals surface area contributed by atoms with Crippen molar-refractivity contribution in [2.24, 2.45) is 52.3 Å². The Bertz CT molecular complexity index is 836. The van der Waals surface area contributed by atoms with Crippen LogP contribution >= 0.6 is 0 Å². The molecule has 0 unspecified atom stereocenters. The van der Waals surface area contributed by atoms with Crippen LogP contribution in [0.4, 0.5) is 0 Å². The first kappa shape index (κ1) is 28.7. The Morgan fingerprint density at radius 3 is 2.50 bits per heavy atom. The van der Waals surface area contributed by atoms with Crippen LogP contribution in [0.15, 0.2) is 11.6 Å². The van der Waals surface area contributed by atoms with Crippen LogP contribution in [-0.2, 0) is 9.53 Å². The Morgan fingerprint density at radius 2 is 1.74 bits per heavy atom. The van der Waals surface area contributed by atoms with Crippen LogP contribution in [0.25, 0.3) is 0 Å². The summed E-state index contributed by atoms with van der Waals surface area (Å²) in [7, 11) is 0. The Morgan fingerprint density at radius 1 is 0.947 bits per heavy atom. The molecule has 0 bridgehead atoms. The maximum Gasteiger partial charge on any atom is 0.306 e. The molecule has 4 saturated carbocycles. The molecule has 0 aromatic carbocycles. The summed E-state index contributed by atoms with van der Waals surface area (Å²) < 4.78 is 6.11. The van der Waals surface area contributed by atoms with Gasteiger partial charge in [-0.2, -0.15) is 0 Å². The van der Waals surface area contributed by atoms with Gasteiger partial charge in [-0.15, -0.1) is 0 Å². The zero-order valence-electron chi connectivity index (χ0n) is 25.7. The van der Waals surface area contributed by atoms with E-state index in [0.717, 1.165) is 60.7 Å². The van der Waals surface area contributed by atoms with E-state index < -0.39 is 0 Å². The molecule has 0 radical (unpaired) electrons. The smallest absolute Gasteiger partial charge is 0.306 e. The van der Waals surface area contributed by atoms with Crippen LogP contribution in [0.1, 0.15) is 150 Å². The lowest BCUT2D eigenvalue weighted by Crippen LogP contribution is -2.51. The van der Waals surface area contributed by atoms with Gasteiger partial charge in [0, 0.05) is 12.8 Å². The van der Waals surface area contributed by atoms with Gasteiger partial charge in [-0.25, -0.2) is 0 Å². The number of carbonyl (C=O) groups is 1. The molecule has 0 aliphatic heterocycles. The van der Waals surface area contributed by atoms with Crippen LogP contribution in [-0.4, -0.2) is 12.1 Å². The van der Waals surface area contributed by atoms with Crippen LogP contribution in [0, 0.1) is 52.3 Å². The molecule has 0 saturated heterocycles. The number of carbonyl (C=O) groups excluding carboxylic acids is 1. The van der Waals surface area contributed by atoms with E-state index in [9.17, 15) is 4.79 Å². The first-order valence-electron chi connectivity index (χ1n) is 17.1. The van der Waals surface area contributed by atoms with Gasteiger partial charge in [0.1, 0.15) is 6.10 Å². The van der Waals surface area contributed by atoms with E-state index in [0.29, 0.717) is 17.3 Å². The average molecular weight is 525 g/mol. The maximum absolute atomic E-state index is 12.7. The van der Waals surface area contributed by atoms with E-state index >= 15 is 0 Å². The summed E-state index contributed by atoms with van der Waals surface area (Å²) in [5.41, 5.74) is 2.55. The van der Waals surface area contributed by atoms with E-state index in [2.05, 4.69) is 40.7 Å². The van der Waals surface area contributed by atoms with E-state index in [-0.39, 0.29) is 12.1 Å². The number of rotatable bonds is 9. The highest BCUT2D eigenvalue weighted by atomic mass is 16.5. The maximum atomic E-state index is 12.7. The van der Waals surface area contributed by atoms with Crippen molar-refractivity contribution in [2.45, 2.75) is 156 Å². The number of ether oxygens (including phenoxy) is 1. The number of allylic oxidation sites excluding steroid dienone is 1. The Labute approximate surface area is 235 Å². The summed E-state index contributed by atoms with van der Waals surface area (Å²) in [4.78, 5) is 12.7. The Hall–Kier alpha value is -0.790. The topological polar surface area (TPSA) is 26.3 Å². The predicted octanol–water partition coefficient (Wildman–Crippen LogP) is 10.3. The molecular weight excluding hydrogens is 464 g/mol. The minimum atomic E-state index is 0.0754. The third-order valence-corrected chi connectivity index (χ3v) is 13.0. The quantitative estimate of drug-likeness (QED) is 0.221. The van der Waals surface area contributed by atoms with Crippen molar-refractivity contribution >= 4 is 5.97 Å². The van der Waals surface area contributed by atoms with Gasteiger partial charge < -0.3 is 4.74 Å². The zero-order chi connectivity index (χ0) is 26.9. The Kier molecular flexibility index (Phi) is 9.06. The van der Waals surface area contributed by atoms with E-state index in [1.807, 2.05) is 0 Å². The van der Waals surface area contributed by atoms with Gasteiger partial charge in [-0.3, -0.25) is 4.79 Å². The van der Waals surface area contributed by atoms with E-state index in [1.165, 1.54) is 89.9 Å². The number of hydrogen-bond acceptors (Lipinski definition) is 2. The molecule has 2 nitrogen and oxygen atoms in total. The Balaban J connectivity index is 1.17. The van der Waals surface area contributed by atoms with E-state index in [1.54, 1.807) is 5.57 Å². The van der Waals surface area contributed by atoms with Crippen molar-refractivity contribution in [1.29, 1.82) is 0 Å². The van der Waals surface area contributed by atoms with Gasteiger partial charge >= 0.3 is 5.97 Å². The molecule has 0 aromatic rings. The van der Waals surface area contributed by atoms with Crippen LogP contribution in [0.3, 0.4) is 0 Å². The fraction of sp³-hybridized carbons (Fsp3) is 0.917. The fourth-order valence-corrected chi connectivity index (χ4v) is 10.8. The lowest BCUT2D eigenvalue weighted by molar-refractivity contribution is -0.152. The molecule has 0 aromatic heterocycles. The van der Waals surface area contributed by atoms with Crippen molar-refractivity contribution in [3.8, 4) is 0 Å². The largest absolute Gasteiger partial charge is 0.462 e. The molecule has 5 rings (SSSR count). The van der Waals surface area contributed by atoms with Crippen molar-refractivity contribution in [2.75, 3.05) is 0 Å². The summed E-state index contributed by atoms with van der Waals surface area (Å²) in [5, 5.41) is 0. The minimum Gasteiger partial charge on any atom is -0.462 e. The monoisotopic (exact) mass is 524 g/mol. The first-order chi connectivity index (χ1) is 18.2. The fourth-order valence-electron chi connectivity index (χ4n) is 10.8. The summed E-state index contributed by atoms with van der Waals surface area (Å²) >= 11 is 0. The average Bonchev–Trinajstić information content (AvgIpc) is 3.25. The molecule has 4 fully saturated rings. The molecule has 2 heteroatoms. The molecule has 0 N–H and O–H groups in total. The third-order valence-electron chi connectivity index (χ3n) is 13.0. The summed E-state index contributed by atoms with van der Waals surface area (Å²) in [6.07, 6.45) is 25.8. The molecule has 216 valence electrons. The van der Waals surface area contributed by atoms with Gasteiger partial charge in [0.15, 0.2) is 0 Å². The third kappa shape index (κ3) is 5.81. The standard InChI is InChI=1S/C36H60O2/c1-25(2)10-9-11-26(3)31-17-18-32-30-16-15-28-24-29(38-34(37)19-14-27-12-7-6-8-13-27)20-22-35(28,4)33(30)21-23-36(31,32)5/h15,25-27,29-33H,6-14,16-24H2,1-5H3/t26-,29+,30+,31-,32+,33+,35+,36-/m1/s1. The van der Waals surface area contributed by atoms with E-state index in [4.69, 9.17) is 4.74 Å². The molecule has 5 aliphatic carbocycles. The number of fused-ring (bicyclic) bond motifs is 5. The summed E-state index contributed by atoms with van der Waals surface area (Å²) in [5.74, 6) is 6.14. The van der Waals surface area contributed by atoms with Gasteiger partial charge in [0.25, 0.3) is 0 Å². The second kappa shape index (κ2) is 12.0. The summed E-state index contributed by atoms with van der Waals surface area (Å²) in [6, 6.07) is 0. The predicted molar refractivity (Wildman–Crippen MR) is 159 cm³/mol. The van der Waals surface area contributed by atoms with Gasteiger partial charge in [-0.1, -0.05) is 97.6 Å². The van der Waals surface area contributed by atoms with Gasteiger partial charge in [0.2, 0.25) is 0 Å². The molecule has 0 heterocycles. The van der Waals surface area contributed by atoms with Crippen molar-refractivity contribution < 1.29 is 9.53 Å². The van der Waals surface area contributed by atoms with Crippen molar-refractivity contribution in [1.82, 2.24) is 0 Å². The lowest BCUT2D eigenvalue weighted by atomic mass is 9.47. The summed E-state index contributed by atoms with van der Waals surface area (Å²) in [6.45, 7) is 12.6. The van der Waals surface area contributed by atoms with Crippen LogP contribution in [0.2, 0.25) is 0 Å². The molecular formula is C36H60O2. The van der Waals surface area contributed by atoms with Crippen molar-refractivity contribution in [3.05, 3.63) is 11.6 Å². The van der Waals surface area contributed by atoms with Crippen LogP contribution in [0.5, 0.6) is 0 Å². The first-order valence-corrected chi connectivity index (χ1v) is 17.1. The van der Waals surface area contributed by atoms with Crippen LogP contribution < -0.4 is 0 Å². The molecule has 0 spiro atoms. The highest BCUT2D eigenvalue weighted by Crippen LogP contribution is 2.67. The van der Waals surface area contributed by atoms with Crippen molar-refractivity contribution in [3.63, 3.8) is 0 Å². The highest BCUT2D eigenvalue weighted by Gasteiger charge is 2.59. The molecule has 8 atom stereocenters. The number of esters is 1. The minimum absolute atomic E-state index is 0.0754. The second-order valence-corrected chi connectivity index (χ2v) is 15.7. The molecule has 0 amide bonds. The zero-order valence-corrected chi connectivity index (χ0v) is 25.7. The van der Waals surface area contributed by atoms with Gasteiger partial charge in [-0.05, 0) is 104 Å². The lowest BCUT2D eigenvalue weighted by Gasteiger charge is -2.58. The highest BCUT2D eigenvalue weighted by molar-refractivity contribution is 5.69. The molecule has 5 aliphatic rings. The normalized spacial score (nSPS) is 40.2. The second-order valence-electron chi connectivity index (χ2n) is 15.7. The SMILES string of the molecule is CC(C)CCC[C@@H](C)[C@H]1CC[C@H]2[C@@H]3CC=C4C[C@@H](OC(=O)CCC5CCCCC5)CC[C@]4(C)[C@H]3CC[C@]12C. The number of hydrogen-bond donors (Lipinski definition) is 0. The molecule has 38 heavy (non-hydrogen) atoms. The van der Waals surface area contributed by atoms with Gasteiger partial charge in [0.05, 0.1) is 0 Å².